The van der Waals surface area contributed by atoms with Crippen LogP contribution in [0.4, 0.5) is 0 Å². The van der Waals surface area contributed by atoms with Gasteiger partial charge in [-0.05, 0) is 42.8 Å². The number of methoxy groups -OCH3 is 1. The first-order valence-electron chi connectivity index (χ1n) is 11.1. The van der Waals surface area contributed by atoms with Crippen LogP contribution in [0, 0.1) is 6.92 Å². The van der Waals surface area contributed by atoms with Gasteiger partial charge in [-0.25, -0.2) is 4.79 Å². The molecule has 7 nitrogen and oxygen atoms in total. The Bertz CT molecular complexity index is 1380. The average Bonchev–Trinajstić information content (AvgIpc) is 3.17. The Kier molecular flexibility index (Phi) is 6.96. The number of hydrogen-bond donors (Lipinski definition) is 0. The number of benzene rings is 3. The highest BCUT2D eigenvalue weighted by Gasteiger charge is 2.33. The Morgan fingerprint density at radius 2 is 1.57 bits per heavy atom. The molecule has 178 valence electrons. The maximum absolute atomic E-state index is 13.5. The highest BCUT2D eigenvalue weighted by Crippen LogP contribution is 2.36. The monoisotopic (exact) mass is 471 g/mol. The van der Waals surface area contributed by atoms with Gasteiger partial charge in [0.05, 0.1) is 12.6 Å². The molecule has 1 unspecified atom stereocenters. The van der Waals surface area contributed by atoms with E-state index in [1.807, 2.05) is 36.4 Å². The third-order valence-electron chi connectivity index (χ3n) is 5.67. The number of carbonyl (C=O) groups is 3. The molecule has 0 aliphatic rings. The Hall–Kier alpha value is -4.39. The minimum absolute atomic E-state index is 0.0153. The van der Waals surface area contributed by atoms with Crippen molar-refractivity contribution in [2.75, 3.05) is 7.11 Å². The fourth-order valence-corrected chi connectivity index (χ4v) is 4.05. The Labute approximate surface area is 202 Å². The van der Waals surface area contributed by atoms with Crippen LogP contribution in [0.2, 0.25) is 0 Å². The first kappa shape index (κ1) is 23.8. The molecule has 35 heavy (non-hydrogen) atoms. The fourth-order valence-electron chi connectivity index (χ4n) is 4.05. The second-order valence-corrected chi connectivity index (χ2v) is 7.97. The van der Waals surface area contributed by atoms with Gasteiger partial charge < -0.3 is 14.2 Å². The van der Waals surface area contributed by atoms with Crippen molar-refractivity contribution < 1.29 is 28.6 Å². The van der Waals surface area contributed by atoms with Crippen molar-refractivity contribution in [3.63, 3.8) is 0 Å². The summed E-state index contributed by atoms with van der Waals surface area (Å²) in [4.78, 5) is 38.7. The molecule has 1 atom stereocenters. The second-order valence-electron chi connectivity index (χ2n) is 7.97. The van der Waals surface area contributed by atoms with E-state index in [4.69, 9.17) is 14.2 Å². The van der Waals surface area contributed by atoms with Gasteiger partial charge in [-0.1, -0.05) is 48.5 Å². The number of nitrogens with zero attached hydrogens (tertiary/aromatic N) is 1. The van der Waals surface area contributed by atoms with Crippen LogP contribution in [0.25, 0.3) is 10.9 Å². The summed E-state index contributed by atoms with van der Waals surface area (Å²) in [6.45, 7) is 2.95. The van der Waals surface area contributed by atoms with E-state index < -0.39 is 18.0 Å². The normalized spacial score (nSPS) is 11.6. The van der Waals surface area contributed by atoms with Crippen LogP contribution in [-0.2, 0) is 25.7 Å². The molecule has 0 aliphatic carbocycles. The van der Waals surface area contributed by atoms with Crippen molar-refractivity contribution in [3.8, 4) is 5.75 Å². The van der Waals surface area contributed by atoms with Crippen molar-refractivity contribution in [1.29, 1.82) is 0 Å². The van der Waals surface area contributed by atoms with Crippen molar-refractivity contribution >= 4 is 28.7 Å². The van der Waals surface area contributed by atoms with Crippen LogP contribution in [0.5, 0.6) is 5.75 Å². The number of fused-ring (bicyclic) bond motifs is 1. The highest BCUT2D eigenvalue weighted by atomic mass is 16.6. The zero-order valence-corrected chi connectivity index (χ0v) is 19.7. The second kappa shape index (κ2) is 10.3. The summed E-state index contributed by atoms with van der Waals surface area (Å²) in [6, 6.07) is 23.2. The van der Waals surface area contributed by atoms with Crippen molar-refractivity contribution in [3.05, 3.63) is 101 Å². The van der Waals surface area contributed by atoms with E-state index >= 15 is 0 Å². The quantitative estimate of drug-likeness (QED) is 0.353. The summed E-state index contributed by atoms with van der Waals surface area (Å²) >= 11 is 0. The number of hydrogen-bond acceptors (Lipinski definition) is 6. The van der Waals surface area contributed by atoms with Gasteiger partial charge in [-0.3, -0.25) is 14.2 Å². The van der Waals surface area contributed by atoms with E-state index in [0.29, 0.717) is 33.5 Å². The molecule has 0 aliphatic heterocycles. The lowest BCUT2D eigenvalue weighted by molar-refractivity contribution is -0.168. The van der Waals surface area contributed by atoms with Gasteiger partial charge >= 0.3 is 11.9 Å². The lowest BCUT2D eigenvalue weighted by atomic mass is 10.0. The molecule has 4 aromatic rings. The first-order chi connectivity index (χ1) is 16.9. The maximum atomic E-state index is 13.5. The molecule has 7 heteroatoms. The molecule has 0 saturated carbocycles. The maximum Gasteiger partial charge on any atom is 0.352 e. The highest BCUT2D eigenvalue weighted by molar-refractivity contribution is 6.05. The lowest BCUT2D eigenvalue weighted by Crippen LogP contribution is -2.22. The predicted octanol–water partition coefficient (Wildman–Crippen LogP) is 4.99. The van der Waals surface area contributed by atoms with Gasteiger partial charge in [-0.2, -0.15) is 0 Å². The zero-order valence-electron chi connectivity index (χ0n) is 19.7. The summed E-state index contributed by atoms with van der Waals surface area (Å²) in [5, 5.41) is 0.550. The molecular formula is C28H25NO6. The molecule has 0 spiro atoms. The van der Waals surface area contributed by atoms with Gasteiger partial charge in [0.2, 0.25) is 6.10 Å². The minimum Gasteiger partial charge on any atom is -0.497 e. The standard InChI is InChI=1S/C28H25NO6/c1-18-25(26(35-19(2)30)28(32)34-17-20-10-6-4-7-11-20)23-16-22(33-3)14-15-24(23)29(18)27(31)21-12-8-5-9-13-21/h4-16,26H,17H2,1-3H3. The smallest absolute Gasteiger partial charge is 0.352 e. The van der Waals surface area contributed by atoms with Crippen LogP contribution < -0.4 is 4.74 Å². The SMILES string of the molecule is COc1ccc2c(c1)c(C(OC(C)=O)C(=O)OCc1ccccc1)c(C)n2C(=O)c1ccccc1. The number of esters is 2. The van der Waals surface area contributed by atoms with Crippen molar-refractivity contribution in [2.24, 2.45) is 0 Å². The van der Waals surface area contributed by atoms with Gasteiger partial charge in [0.15, 0.2) is 0 Å². The Morgan fingerprint density at radius 3 is 2.20 bits per heavy atom. The molecule has 1 aromatic heterocycles. The first-order valence-corrected chi connectivity index (χ1v) is 11.1. The van der Waals surface area contributed by atoms with Gasteiger partial charge in [0, 0.05) is 29.1 Å². The molecule has 4 rings (SSSR count). The summed E-state index contributed by atoms with van der Waals surface area (Å²) in [6.07, 6.45) is -1.37. The lowest BCUT2D eigenvalue weighted by Gasteiger charge is -2.17. The van der Waals surface area contributed by atoms with E-state index in [2.05, 4.69) is 0 Å². The summed E-state index contributed by atoms with van der Waals surface area (Å²) in [5.41, 5.74) is 2.66. The Balaban J connectivity index is 1.83. The molecule has 0 saturated heterocycles. The van der Waals surface area contributed by atoms with E-state index in [1.54, 1.807) is 49.4 Å². The third kappa shape index (κ3) is 4.94. The number of rotatable bonds is 7. The molecule has 0 bridgehead atoms. The van der Waals surface area contributed by atoms with Gasteiger partial charge in [0.1, 0.15) is 12.4 Å². The molecule has 1 heterocycles. The average molecular weight is 472 g/mol. The molecule has 0 radical (unpaired) electrons. The predicted molar refractivity (Wildman–Crippen MR) is 130 cm³/mol. The van der Waals surface area contributed by atoms with Gasteiger partial charge in [-0.15, -0.1) is 0 Å². The minimum atomic E-state index is -1.37. The van der Waals surface area contributed by atoms with Crippen molar-refractivity contribution in [2.45, 2.75) is 26.6 Å². The Morgan fingerprint density at radius 1 is 0.914 bits per heavy atom. The fraction of sp³-hybridized carbons (Fsp3) is 0.179. The summed E-state index contributed by atoms with van der Waals surface area (Å²) < 4.78 is 17.9. The number of ether oxygens (including phenoxy) is 3. The molecule has 0 amide bonds. The van der Waals surface area contributed by atoms with Gasteiger partial charge in [0.25, 0.3) is 5.91 Å². The summed E-state index contributed by atoms with van der Waals surface area (Å²) in [5.74, 6) is -1.13. The van der Waals surface area contributed by atoms with Crippen LogP contribution in [0.15, 0.2) is 78.9 Å². The van der Waals surface area contributed by atoms with E-state index in [0.717, 1.165) is 5.56 Å². The third-order valence-corrected chi connectivity index (χ3v) is 5.67. The summed E-state index contributed by atoms with van der Waals surface area (Å²) in [7, 11) is 1.53. The van der Waals surface area contributed by atoms with Crippen LogP contribution in [0.3, 0.4) is 0 Å². The molecule has 0 N–H and O–H groups in total. The number of carbonyl (C=O) groups excluding carboxylic acids is 3. The van der Waals surface area contributed by atoms with Crippen LogP contribution in [0.1, 0.15) is 40.2 Å². The molecule has 3 aromatic carbocycles. The number of aromatic nitrogens is 1. The topological polar surface area (TPSA) is 83.8 Å². The van der Waals surface area contributed by atoms with E-state index in [9.17, 15) is 14.4 Å². The zero-order chi connectivity index (χ0) is 24.9. The van der Waals surface area contributed by atoms with Crippen LogP contribution in [-0.4, -0.2) is 29.5 Å². The van der Waals surface area contributed by atoms with E-state index in [-0.39, 0.29) is 12.5 Å². The molecular weight excluding hydrogens is 446 g/mol. The molecule has 0 fully saturated rings. The van der Waals surface area contributed by atoms with Crippen LogP contribution >= 0.6 is 0 Å². The van der Waals surface area contributed by atoms with Crippen molar-refractivity contribution in [1.82, 2.24) is 4.57 Å². The largest absolute Gasteiger partial charge is 0.497 e. The van der Waals surface area contributed by atoms with E-state index in [1.165, 1.54) is 18.6 Å².